The van der Waals surface area contributed by atoms with Crippen LogP contribution in [0, 0.1) is 0 Å². The number of Topliss-reactive ketones (excluding diaryl/α,β-unsaturated/α-hetero) is 1. The molecule has 1 unspecified atom stereocenters. The van der Waals surface area contributed by atoms with Crippen LogP contribution in [0.3, 0.4) is 0 Å². The van der Waals surface area contributed by atoms with Crippen molar-refractivity contribution in [1.29, 1.82) is 0 Å². The summed E-state index contributed by atoms with van der Waals surface area (Å²) in [7, 11) is 1.12. The Bertz CT molecular complexity index is 611. The van der Waals surface area contributed by atoms with Gasteiger partial charge in [0, 0.05) is 0 Å². The summed E-state index contributed by atoms with van der Waals surface area (Å²) in [4.78, 5) is 36.3. The van der Waals surface area contributed by atoms with Crippen LogP contribution in [-0.2, 0) is 14.3 Å². The molecule has 6 nitrogen and oxygen atoms in total. The van der Waals surface area contributed by atoms with Crippen LogP contribution in [0.4, 0.5) is 5.69 Å². The normalized spacial score (nSPS) is 16.9. The van der Waals surface area contributed by atoms with E-state index in [0.29, 0.717) is 0 Å². The number of methoxy groups -OCH3 is 1. The van der Waals surface area contributed by atoms with Crippen molar-refractivity contribution in [2.75, 3.05) is 18.6 Å². The van der Waals surface area contributed by atoms with Crippen LogP contribution in [0.25, 0.3) is 0 Å². The molecule has 0 bridgehead atoms. The number of carbonyl (C=O) groups excluding carboxylic acids is 3. The molecule has 1 aromatic carbocycles. The molecule has 1 amide bonds. The second-order valence-electron chi connectivity index (χ2n) is 4.62. The number of para-hydroxylation sites is 1. The predicted octanol–water partition coefficient (Wildman–Crippen LogP) is 0.793. The van der Waals surface area contributed by atoms with E-state index in [1.807, 2.05) is 0 Å². The summed E-state index contributed by atoms with van der Waals surface area (Å²) in [5.74, 6) is -2.46. The van der Waals surface area contributed by atoms with Crippen molar-refractivity contribution in [1.82, 2.24) is 0 Å². The fourth-order valence-corrected chi connectivity index (χ4v) is 2.33. The van der Waals surface area contributed by atoms with E-state index < -0.39 is 29.8 Å². The molecule has 2 rings (SSSR count). The van der Waals surface area contributed by atoms with Crippen molar-refractivity contribution in [2.45, 2.75) is 12.5 Å². The number of hydrogen-bond donors (Lipinski definition) is 1. The Kier molecular flexibility index (Phi) is 3.54. The number of aliphatic hydroxyl groups is 1. The molecular formula is C13H12ClNO5. The minimum absolute atomic E-state index is 0.156. The lowest BCUT2D eigenvalue weighted by molar-refractivity contribution is -0.159. The number of rotatable bonds is 3. The molecule has 1 aliphatic heterocycles. The fourth-order valence-electron chi connectivity index (χ4n) is 2.06. The van der Waals surface area contributed by atoms with Gasteiger partial charge in [0.1, 0.15) is 0 Å². The quantitative estimate of drug-likeness (QED) is 0.659. The standard InChI is InChI=1S/C13H12ClNO5/c1-13(19,12(18)20-2)6-15-9-7(10(16)11(15)17)4-3-5-8(9)14/h3-5,19H,6H2,1-2H3. The second-order valence-corrected chi connectivity index (χ2v) is 5.03. The molecule has 7 heteroatoms. The fraction of sp³-hybridized carbons (Fsp3) is 0.308. The number of hydrogen-bond acceptors (Lipinski definition) is 5. The molecule has 0 saturated carbocycles. The lowest BCUT2D eigenvalue weighted by Crippen LogP contribution is -2.49. The molecule has 0 fully saturated rings. The van der Waals surface area contributed by atoms with E-state index in [-0.39, 0.29) is 16.3 Å². The Morgan fingerprint density at radius 2 is 2.10 bits per heavy atom. The monoisotopic (exact) mass is 297 g/mol. The zero-order valence-corrected chi connectivity index (χ0v) is 11.6. The van der Waals surface area contributed by atoms with E-state index >= 15 is 0 Å². The van der Waals surface area contributed by atoms with Crippen molar-refractivity contribution >= 4 is 34.9 Å². The smallest absolute Gasteiger partial charge is 0.339 e. The maximum absolute atomic E-state index is 12.0. The summed E-state index contributed by atoms with van der Waals surface area (Å²) in [6, 6.07) is 4.54. The van der Waals surface area contributed by atoms with Gasteiger partial charge in [0.15, 0.2) is 5.60 Å². The van der Waals surface area contributed by atoms with E-state index in [1.54, 1.807) is 6.07 Å². The third-order valence-corrected chi connectivity index (χ3v) is 3.34. The Balaban J connectivity index is 2.43. The molecule has 106 valence electrons. The van der Waals surface area contributed by atoms with Gasteiger partial charge in [-0.05, 0) is 19.1 Å². The molecular weight excluding hydrogens is 286 g/mol. The number of anilines is 1. The summed E-state index contributed by atoms with van der Waals surface area (Å²) >= 11 is 5.99. The average molecular weight is 298 g/mol. The van der Waals surface area contributed by atoms with Crippen LogP contribution < -0.4 is 4.90 Å². The van der Waals surface area contributed by atoms with Crippen molar-refractivity contribution in [3.05, 3.63) is 28.8 Å². The summed E-state index contributed by atoms with van der Waals surface area (Å²) in [6.45, 7) is 0.784. The van der Waals surface area contributed by atoms with Crippen LogP contribution >= 0.6 is 11.6 Å². The zero-order valence-electron chi connectivity index (χ0n) is 10.8. The highest BCUT2D eigenvalue weighted by Gasteiger charge is 2.43. The molecule has 0 spiro atoms. The maximum atomic E-state index is 12.0. The number of carbonyl (C=O) groups is 3. The molecule has 1 atom stereocenters. The third-order valence-electron chi connectivity index (χ3n) is 3.03. The maximum Gasteiger partial charge on any atom is 0.339 e. The first-order valence-corrected chi connectivity index (χ1v) is 6.13. The SMILES string of the molecule is COC(=O)C(C)(O)CN1C(=O)C(=O)c2cccc(Cl)c21. The number of amides is 1. The predicted molar refractivity (Wildman–Crippen MR) is 70.8 cm³/mol. The van der Waals surface area contributed by atoms with Gasteiger partial charge in [-0.25, -0.2) is 4.79 Å². The molecule has 0 saturated heterocycles. The Morgan fingerprint density at radius 1 is 1.45 bits per heavy atom. The minimum Gasteiger partial charge on any atom is -0.467 e. The average Bonchev–Trinajstić information content (AvgIpc) is 2.64. The molecule has 0 radical (unpaired) electrons. The van der Waals surface area contributed by atoms with Crippen molar-refractivity contribution < 1.29 is 24.2 Å². The van der Waals surface area contributed by atoms with Gasteiger partial charge in [-0.2, -0.15) is 0 Å². The van der Waals surface area contributed by atoms with E-state index in [1.165, 1.54) is 19.1 Å². The second kappa shape index (κ2) is 4.88. The zero-order chi connectivity index (χ0) is 15.1. The lowest BCUT2D eigenvalue weighted by Gasteiger charge is -2.26. The summed E-state index contributed by atoms with van der Waals surface area (Å²) < 4.78 is 4.46. The van der Waals surface area contributed by atoms with Gasteiger partial charge in [0.05, 0.1) is 29.9 Å². The van der Waals surface area contributed by atoms with E-state index in [9.17, 15) is 19.5 Å². The van der Waals surface area contributed by atoms with Crippen LogP contribution in [0.5, 0.6) is 0 Å². The Morgan fingerprint density at radius 3 is 2.70 bits per heavy atom. The van der Waals surface area contributed by atoms with E-state index in [4.69, 9.17) is 11.6 Å². The van der Waals surface area contributed by atoms with Gasteiger partial charge >= 0.3 is 5.97 Å². The van der Waals surface area contributed by atoms with Gasteiger partial charge in [0.2, 0.25) is 0 Å². The van der Waals surface area contributed by atoms with Crippen LogP contribution in [-0.4, -0.2) is 42.0 Å². The number of fused-ring (bicyclic) bond motifs is 1. The number of halogens is 1. The minimum atomic E-state index is -1.94. The summed E-state index contributed by atoms with van der Waals surface area (Å²) in [6.07, 6.45) is 0. The Hall–Kier alpha value is -1.92. The highest BCUT2D eigenvalue weighted by molar-refractivity contribution is 6.54. The van der Waals surface area contributed by atoms with E-state index in [0.717, 1.165) is 12.0 Å². The van der Waals surface area contributed by atoms with Gasteiger partial charge in [-0.3, -0.25) is 14.5 Å². The highest BCUT2D eigenvalue weighted by atomic mass is 35.5. The van der Waals surface area contributed by atoms with Crippen LogP contribution in [0.2, 0.25) is 5.02 Å². The molecule has 0 aromatic heterocycles. The van der Waals surface area contributed by atoms with Crippen LogP contribution in [0.1, 0.15) is 17.3 Å². The molecule has 1 N–H and O–H groups in total. The summed E-state index contributed by atoms with van der Waals surface area (Å²) in [5.41, 5.74) is -1.58. The first kappa shape index (κ1) is 14.5. The van der Waals surface area contributed by atoms with Crippen molar-refractivity contribution in [2.24, 2.45) is 0 Å². The largest absolute Gasteiger partial charge is 0.467 e. The molecule has 1 aromatic rings. The van der Waals surface area contributed by atoms with E-state index in [2.05, 4.69) is 4.74 Å². The first-order valence-electron chi connectivity index (χ1n) is 5.75. The highest BCUT2D eigenvalue weighted by Crippen LogP contribution is 2.36. The van der Waals surface area contributed by atoms with Gasteiger partial charge < -0.3 is 9.84 Å². The van der Waals surface area contributed by atoms with Crippen molar-refractivity contribution in [3.8, 4) is 0 Å². The summed E-state index contributed by atoms with van der Waals surface area (Å²) in [5, 5.41) is 10.2. The Labute approximate surface area is 119 Å². The number of esters is 1. The van der Waals surface area contributed by atoms with Crippen molar-refractivity contribution in [3.63, 3.8) is 0 Å². The number of benzene rings is 1. The topological polar surface area (TPSA) is 83.9 Å². The number of ketones is 1. The molecule has 1 aliphatic rings. The number of β-amino-alcohol motifs (C(OH)–C–C–N with tert-alkyl or cyclic N) is 1. The molecule has 1 heterocycles. The van der Waals surface area contributed by atoms with Gasteiger partial charge in [0.25, 0.3) is 11.7 Å². The number of ether oxygens (including phenoxy) is 1. The van der Waals surface area contributed by atoms with Gasteiger partial charge in [-0.15, -0.1) is 0 Å². The first-order chi connectivity index (χ1) is 9.29. The number of nitrogens with zero attached hydrogens (tertiary/aromatic N) is 1. The molecule has 20 heavy (non-hydrogen) atoms. The third kappa shape index (κ3) is 2.17. The van der Waals surface area contributed by atoms with Gasteiger partial charge in [-0.1, -0.05) is 17.7 Å². The lowest BCUT2D eigenvalue weighted by atomic mass is 10.1. The van der Waals surface area contributed by atoms with Crippen LogP contribution in [0.15, 0.2) is 18.2 Å². The molecule has 0 aliphatic carbocycles.